The minimum atomic E-state index is -3.12. The van der Waals surface area contributed by atoms with Crippen molar-refractivity contribution in [2.75, 3.05) is 19.3 Å². The van der Waals surface area contributed by atoms with Crippen LogP contribution in [0.15, 0.2) is 19.1 Å². The van der Waals surface area contributed by atoms with Crippen LogP contribution in [0.25, 0.3) is 5.57 Å². The van der Waals surface area contributed by atoms with E-state index in [0.29, 0.717) is 25.3 Å². The zero-order valence-electron chi connectivity index (χ0n) is 10.5. The lowest BCUT2D eigenvalue weighted by molar-refractivity contribution is -0.130. The minimum absolute atomic E-state index is 0.0169. The molecule has 0 saturated carbocycles. The number of carbonyl (C=O) groups is 1. The first-order chi connectivity index (χ1) is 8.79. The van der Waals surface area contributed by atoms with E-state index in [1.807, 2.05) is 0 Å². The molecule has 19 heavy (non-hydrogen) atoms. The summed E-state index contributed by atoms with van der Waals surface area (Å²) in [5.41, 5.74) is 0.432. The first kappa shape index (κ1) is 13.8. The number of hydrogen-bond donors (Lipinski definition) is 1. The van der Waals surface area contributed by atoms with Gasteiger partial charge < -0.3 is 9.67 Å². The van der Waals surface area contributed by atoms with Gasteiger partial charge in [0.25, 0.3) is 0 Å². The van der Waals surface area contributed by atoms with Crippen molar-refractivity contribution in [3.05, 3.63) is 24.8 Å². The molecule has 2 rings (SSSR count). The summed E-state index contributed by atoms with van der Waals surface area (Å²) < 4.78 is 25.6. The number of aromatic nitrogens is 2. The van der Waals surface area contributed by atoms with E-state index in [4.69, 9.17) is 5.11 Å². The SMILES string of the molecule is C=C(C(=O)O)c1cncn1CC1CN(S(C)(=O)=O)C1. The summed E-state index contributed by atoms with van der Waals surface area (Å²) in [7, 11) is -3.12. The van der Waals surface area contributed by atoms with Gasteiger partial charge in [0.1, 0.15) is 0 Å². The molecule has 0 bridgehead atoms. The number of aliphatic carboxylic acids is 1. The van der Waals surface area contributed by atoms with E-state index in [9.17, 15) is 13.2 Å². The molecule has 0 radical (unpaired) electrons. The van der Waals surface area contributed by atoms with E-state index in [1.54, 1.807) is 4.57 Å². The van der Waals surface area contributed by atoms with Gasteiger partial charge in [-0.15, -0.1) is 0 Å². The molecule has 1 aromatic heterocycles. The number of sulfonamides is 1. The number of hydrogen-bond acceptors (Lipinski definition) is 4. The van der Waals surface area contributed by atoms with Crippen molar-refractivity contribution in [3.63, 3.8) is 0 Å². The highest BCUT2D eigenvalue weighted by Gasteiger charge is 2.33. The second-order valence-electron chi connectivity index (χ2n) is 4.66. The molecule has 0 aliphatic carbocycles. The van der Waals surface area contributed by atoms with Crippen LogP contribution in [0.1, 0.15) is 5.69 Å². The summed E-state index contributed by atoms with van der Waals surface area (Å²) >= 11 is 0. The topological polar surface area (TPSA) is 92.5 Å². The van der Waals surface area contributed by atoms with Crippen LogP contribution in [-0.4, -0.2) is 52.7 Å². The molecule has 0 unspecified atom stereocenters. The maximum atomic E-state index is 11.2. The molecule has 2 heterocycles. The highest BCUT2D eigenvalue weighted by atomic mass is 32.2. The number of rotatable bonds is 5. The molecule has 0 amide bonds. The molecule has 1 aliphatic heterocycles. The van der Waals surface area contributed by atoms with E-state index in [2.05, 4.69) is 11.6 Å². The lowest BCUT2D eigenvalue weighted by atomic mass is 10.0. The highest BCUT2D eigenvalue weighted by Crippen LogP contribution is 2.22. The highest BCUT2D eigenvalue weighted by molar-refractivity contribution is 7.88. The van der Waals surface area contributed by atoms with Gasteiger partial charge in [0.15, 0.2) is 0 Å². The quantitative estimate of drug-likeness (QED) is 0.761. The van der Waals surface area contributed by atoms with Crippen molar-refractivity contribution in [1.82, 2.24) is 13.9 Å². The number of nitrogens with zero attached hydrogens (tertiary/aromatic N) is 3. The Kier molecular flexibility index (Phi) is 3.46. The third-order valence-electron chi connectivity index (χ3n) is 3.13. The average molecular weight is 285 g/mol. The Morgan fingerprint density at radius 3 is 2.74 bits per heavy atom. The van der Waals surface area contributed by atoms with Crippen LogP contribution in [0, 0.1) is 5.92 Å². The molecule has 1 saturated heterocycles. The predicted octanol–water partition coefficient (Wildman–Crippen LogP) is -0.128. The number of carboxylic acid groups (broad SMARTS) is 1. The van der Waals surface area contributed by atoms with E-state index >= 15 is 0 Å². The van der Waals surface area contributed by atoms with E-state index in [1.165, 1.54) is 23.1 Å². The summed E-state index contributed by atoms with van der Waals surface area (Å²) in [5, 5.41) is 8.90. The van der Waals surface area contributed by atoms with Crippen LogP contribution in [0.5, 0.6) is 0 Å². The van der Waals surface area contributed by atoms with Crippen molar-refractivity contribution in [3.8, 4) is 0 Å². The van der Waals surface area contributed by atoms with Gasteiger partial charge >= 0.3 is 5.97 Å². The Morgan fingerprint density at radius 2 is 2.21 bits per heavy atom. The average Bonchev–Trinajstić information content (AvgIpc) is 2.67. The van der Waals surface area contributed by atoms with E-state index in [0.717, 1.165) is 0 Å². The minimum Gasteiger partial charge on any atom is -0.478 e. The number of carboxylic acids is 1. The van der Waals surface area contributed by atoms with E-state index < -0.39 is 16.0 Å². The molecule has 104 valence electrons. The Bertz CT molecular complexity index is 614. The van der Waals surface area contributed by atoms with Gasteiger partial charge in [-0.1, -0.05) is 6.58 Å². The third-order valence-corrected chi connectivity index (χ3v) is 4.36. The molecule has 7 nitrogen and oxygen atoms in total. The van der Waals surface area contributed by atoms with Crippen molar-refractivity contribution in [2.24, 2.45) is 5.92 Å². The van der Waals surface area contributed by atoms with Crippen LogP contribution in [0.3, 0.4) is 0 Å². The van der Waals surface area contributed by atoms with Gasteiger partial charge in [0.05, 0.1) is 30.0 Å². The van der Waals surface area contributed by atoms with Crippen molar-refractivity contribution < 1.29 is 18.3 Å². The summed E-state index contributed by atoms with van der Waals surface area (Å²) in [6, 6.07) is 0. The Morgan fingerprint density at radius 1 is 1.58 bits per heavy atom. The molecule has 0 atom stereocenters. The largest absolute Gasteiger partial charge is 0.478 e. The van der Waals surface area contributed by atoms with Gasteiger partial charge in [-0.3, -0.25) is 0 Å². The number of imidazole rings is 1. The smallest absolute Gasteiger partial charge is 0.337 e. The molecule has 0 aromatic carbocycles. The maximum absolute atomic E-state index is 11.2. The molecule has 1 aliphatic rings. The van der Waals surface area contributed by atoms with Crippen LogP contribution in [-0.2, 0) is 21.4 Å². The Hall–Kier alpha value is -1.67. The lowest BCUT2D eigenvalue weighted by Gasteiger charge is -2.37. The zero-order chi connectivity index (χ0) is 14.2. The summed E-state index contributed by atoms with van der Waals surface area (Å²) in [6.45, 7) is 4.94. The predicted molar refractivity (Wildman–Crippen MR) is 68.8 cm³/mol. The summed E-state index contributed by atoms with van der Waals surface area (Å²) in [4.78, 5) is 14.8. The lowest BCUT2D eigenvalue weighted by Crippen LogP contribution is -2.50. The third kappa shape index (κ3) is 2.85. The van der Waals surface area contributed by atoms with Gasteiger partial charge in [0, 0.05) is 25.6 Å². The Balaban J connectivity index is 2.01. The monoisotopic (exact) mass is 285 g/mol. The van der Waals surface area contributed by atoms with Crippen LogP contribution >= 0.6 is 0 Å². The van der Waals surface area contributed by atoms with E-state index in [-0.39, 0.29) is 11.5 Å². The fraction of sp³-hybridized carbons (Fsp3) is 0.455. The van der Waals surface area contributed by atoms with Gasteiger partial charge in [-0.05, 0) is 0 Å². The molecular formula is C11H15N3O4S. The van der Waals surface area contributed by atoms with Gasteiger partial charge in [-0.2, -0.15) is 0 Å². The summed E-state index contributed by atoms with van der Waals surface area (Å²) in [6.07, 6.45) is 4.16. The summed E-state index contributed by atoms with van der Waals surface area (Å²) in [5.74, 6) is -0.919. The molecule has 1 fully saturated rings. The van der Waals surface area contributed by atoms with Crippen molar-refractivity contribution in [2.45, 2.75) is 6.54 Å². The van der Waals surface area contributed by atoms with Crippen LogP contribution in [0.4, 0.5) is 0 Å². The molecule has 1 aromatic rings. The fourth-order valence-corrected chi connectivity index (χ4v) is 2.98. The normalized spacial score (nSPS) is 17.1. The second-order valence-corrected chi connectivity index (χ2v) is 6.64. The van der Waals surface area contributed by atoms with Crippen molar-refractivity contribution >= 4 is 21.6 Å². The van der Waals surface area contributed by atoms with Gasteiger partial charge in [-0.25, -0.2) is 22.5 Å². The first-order valence-electron chi connectivity index (χ1n) is 5.67. The Labute approximate surface area is 111 Å². The van der Waals surface area contributed by atoms with Crippen molar-refractivity contribution in [1.29, 1.82) is 0 Å². The van der Waals surface area contributed by atoms with Crippen LogP contribution < -0.4 is 0 Å². The standard InChI is InChI=1S/C11H15N3O4S/c1-8(11(15)16)10-3-12-7-13(10)4-9-5-14(6-9)19(2,17)18/h3,7,9H,1,4-6H2,2H3,(H,15,16). The van der Waals surface area contributed by atoms with Gasteiger partial charge in [0.2, 0.25) is 10.0 Å². The maximum Gasteiger partial charge on any atom is 0.337 e. The molecule has 8 heteroatoms. The molecule has 0 spiro atoms. The second kappa shape index (κ2) is 4.78. The fourth-order valence-electron chi connectivity index (χ4n) is 2.01. The van der Waals surface area contributed by atoms with Crippen LogP contribution in [0.2, 0.25) is 0 Å². The zero-order valence-corrected chi connectivity index (χ0v) is 11.3. The first-order valence-corrected chi connectivity index (χ1v) is 7.51. The molecule has 1 N–H and O–H groups in total. The molecular weight excluding hydrogens is 270 g/mol.